The Labute approximate surface area is 112 Å². The molecule has 3 N–H and O–H groups in total. The van der Waals surface area contributed by atoms with Gasteiger partial charge < -0.3 is 11.1 Å². The first-order valence-corrected chi connectivity index (χ1v) is 6.84. The third-order valence-corrected chi connectivity index (χ3v) is 4.49. The fourth-order valence-corrected chi connectivity index (χ4v) is 3.55. The Hall–Kier alpha value is -1.84. The van der Waals surface area contributed by atoms with Crippen molar-refractivity contribution in [2.75, 3.05) is 5.32 Å². The fraction of sp³-hybridized carbons (Fsp3) is 0.467. The zero-order valence-corrected chi connectivity index (χ0v) is 10.8. The van der Waals surface area contributed by atoms with E-state index in [0.717, 1.165) is 12.3 Å². The van der Waals surface area contributed by atoms with E-state index in [9.17, 15) is 9.59 Å². The normalized spacial score (nSPS) is 28.3. The summed E-state index contributed by atoms with van der Waals surface area (Å²) in [4.78, 5) is 23.4. The van der Waals surface area contributed by atoms with E-state index in [-0.39, 0.29) is 11.8 Å². The Bertz CT molecular complexity index is 527. The van der Waals surface area contributed by atoms with Crippen LogP contribution in [0, 0.1) is 17.8 Å². The molecule has 4 nitrogen and oxygen atoms in total. The molecule has 2 aliphatic carbocycles. The number of amides is 2. The van der Waals surface area contributed by atoms with Crippen molar-refractivity contribution in [2.45, 2.75) is 25.7 Å². The molecule has 1 aromatic rings. The summed E-state index contributed by atoms with van der Waals surface area (Å²) < 4.78 is 0. The van der Waals surface area contributed by atoms with E-state index in [1.54, 1.807) is 24.3 Å². The van der Waals surface area contributed by atoms with Crippen LogP contribution in [0.25, 0.3) is 0 Å². The first-order chi connectivity index (χ1) is 9.13. The van der Waals surface area contributed by atoms with Crippen LogP contribution in [0.4, 0.5) is 5.69 Å². The van der Waals surface area contributed by atoms with Crippen molar-refractivity contribution in [1.29, 1.82) is 0 Å². The third kappa shape index (κ3) is 2.35. The lowest BCUT2D eigenvalue weighted by Crippen LogP contribution is -2.27. The summed E-state index contributed by atoms with van der Waals surface area (Å²) in [5.41, 5.74) is 6.31. The van der Waals surface area contributed by atoms with Crippen LogP contribution in [0.3, 0.4) is 0 Å². The summed E-state index contributed by atoms with van der Waals surface area (Å²) in [5.74, 6) is 1.07. The van der Waals surface area contributed by atoms with E-state index in [1.165, 1.54) is 19.3 Å². The maximum absolute atomic E-state index is 12.3. The Balaban J connectivity index is 1.69. The van der Waals surface area contributed by atoms with Gasteiger partial charge in [0.1, 0.15) is 0 Å². The van der Waals surface area contributed by atoms with E-state index in [2.05, 4.69) is 5.32 Å². The van der Waals surface area contributed by atoms with Gasteiger partial charge in [-0.1, -0.05) is 12.5 Å². The molecule has 1 aromatic carbocycles. The topological polar surface area (TPSA) is 72.2 Å². The standard InChI is InChI=1S/C15H18N2O2/c16-14(18)11-2-1-3-12(8-11)17-15(19)13-7-9-4-5-10(13)6-9/h1-3,8-10,13H,4-7H2,(H2,16,18)(H,17,19). The Morgan fingerprint density at radius 3 is 2.68 bits per heavy atom. The number of nitrogens with one attached hydrogen (secondary N) is 1. The molecule has 0 heterocycles. The minimum absolute atomic E-state index is 0.0915. The van der Waals surface area contributed by atoms with Crippen molar-refractivity contribution >= 4 is 17.5 Å². The monoisotopic (exact) mass is 258 g/mol. The third-order valence-electron chi connectivity index (χ3n) is 4.49. The molecule has 19 heavy (non-hydrogen) atoms. The lowest BCUT2D eigenvalue weighted by molar-refractivity contribution is -0.121. The van der Waals surface area contributed by atoms with Crippen molar-refractivity contribution in [3.63, 3.8) is 0 Å². The molecule has 4 heteroatoms. The van der Waals surface area contributed by atoms with Crippen LogP contribution in [-0.4, -0.2) is 11.8 Å². The Kier molecular flexibility index (Phi) is 3.01. The first kappa shape index (κ1) is 12.2. The molecule has 2 aliphatic rings. The van der Waals surface area contributed by atoms with Gasteiger partial charge in [0, 0.05) is 17.2 Å². The number of primary amides is 1. The van der Waals surface area contributed by atoms with E-state index in [1.807, 2.05) is 0 Å². The van der Waals surface area contributed by atoms with Gasteiger partial charge in [-0.15, -0.1) is 0 Å². The maximum atomic E-state index is 12.3. The molecule has 2 amide bonds. The second-order valence-corrected chi connectivity index (χ2v) is 5.72. The van der Waals surface area contributed by atoms with Gasteiger partial charge in [-0.2, -0.15) is 0 Å². The number of hydrogen-bond donors (Lipinski definition) is 2. The highest BCUT2D eigenvalue weighted by Gasteiger charge is 2.42. The van der Waals surface area contributed by atoms with Gasteiger partial charge in [0.2, 0.25) is 11.8 Å². The van der Waals surface area contributed by atoms with Crippen LogP contribution >= 0.6 is 0 Å². The SMILES string of the molecule is NC(=O)c1cccc(NC(=O)C2CC3CCC2C3)c1. The number of carbonyl (C=O) groups excluding carboxylic acids is 2. The number of rotatable bonds is 3. The zero-order valence-electron chi connectivity index (χ0n) is 10.8. The number of anilines is 1. The Morgan fingerprint density at radius 2 is 2.05 bits per heavy atom. The predicted molar refractivity (Wildman–Crippen MR) is 72.5 cm³/mol. The average Bonchev–Trinajstić information content (AvgIpc) is 3.01. The zero-order chi connectivity index (χ0) is 13.4. The molecule has 0 spiro atoms. The molecule has 3 unspecified atom stereocenters. The molecule has 0 radical (unpaired) electrons. The van der Waals surface area contributed by atoms with Crippen LogP contribution in [0.2, 0.25) is 0 Å². The molecule has 3 rings (SSSR count). The van der Waals surface area contributed by atoms with Crippen LogP contribution < -0.4 is 11.1 Å². The molecule has 2 fully saturated rings. The van der Waals surface area contributed by atoms with Crippen LogP contribution in [0.15, 0.2) is 24.3 Å². The van der Waals surface area contributed by atoms with Gasteiger partial charge in [-0.3, -0.25) is 9.59 Å². The molecular formula is C15H18N2O2. The lowest BCUT2D eigenvalue weighted by atomic mass is 9.88. The largest absolute Gasteiger partial charge is 0.366 e. The molecule has 2 saturated carbocycles. The van der Waals surface area contributed by atoms with Gasteiger partial charge in [0.05, 0.1) is 0 Å². The highest BCUT2D eigenvalue weighted by Crippen LogP contribution is 2.48. The molecule has 0 saturated heterocycles. The predicted octanol–water partition coefficient (Wildman–Crippen LogP) is 2.16. The van der Waals surface area contributed by atoms with Gasteiger partial charge >= 0.3 is 0 Å². The summed E-state index contributed by atoms with van der Waals surface area (Å²) in [6.45, 7) is 0. The van der Waals surface area contributed by atoms with E-state index < -0.39 is 5.91 Å². The molecule has 100 valence electrons. The quantitative estimate of drug-likeness (QED) is 0.872. The van der Waals surface area contributed by atoms with Crippen molar-refractivity contribution in [2.24, 2.45) is 23.5 Å². The smallest absolute Gasteiger partial charge is 0.248 e. The van der Waals surface area contributed by atoms with Gasteiger partial charge in [0.15, 0.2) is 0 Å². The van der Waals surface area contributed by atoms with Crippen molar-refractivity contribution in [1.82, 2.24) is 0 Å². The molecular weight excluding hydrogens is 240 g/mol. The summed E-state index contributed by atoms with van der Waals surface area (Å²) >= 11 is 0. The fourth-order valence-electron chi connectivity index (χ4n) is 3.55. The van der Waals surface area contributed by atoms with Crippen LogP contribution in [0.1, 0.15) is 36.0 Å². The number of benzene rings is 1. The van der Waals surface area contributed by atoms with Crippen molar-refractivity contribution in [3.05, 3.63) is 29.8 Å². The summed E-state index contributed by atoms with van der Waals surface area (Å²) in [5, 5.41) is 2.92. The van der Waals surface area contributed by atoms with Gasteiger partial charge in [-0.05, 0) is 49.3 Å². The molecule has 0 aliphatic heterocycles. The summed E-state index contributed by atoms with van der Waals surface area (Å²) in [6, 6.07) is 6.80. The van der Waals surface area contributed by atoms with Crippen molar-refractivity contribution < 1.29 is 9.59 Å². The van der Waals surface area contributed by atoms with E-state index >= 15 is 0 Å². The first-order valence-electron chi connectivity index (χ1n) is 6.84. The van der Waals surface area contributed by atoms with Gasteiger partial charge in [-0.25, -0.2) is 0 Å². The number of fused-ring (bicyclic) bond motifs is 2. The summed E-state index contributed by atoms with van der Waals surface area (Å²) in [6.07, 6.45) is 4.70. The summed E-state index contributed by atoms with van der Waals surface area (Å²) in [7, 11) is 0. The maximum Gasteiger partial charge on any atom is 0.248 e. The van der Waals surface area contributed by atoms with Gasteiger partial charge in [0.25, 0.3) is 0 Å². The lowest BCUT2D eigenvalue weighted by Gasteiger charge is -2.20. The van der Waals surface area contributed by atoms with Crippen LogP contribution in [0.5, 0.6) is 0 Å². The minimum Gasteiger partial charge on any atom is -0.366 e. The molecule has 2 bridgehead atoms. The Morgan fingerprint density at radius 1 is 1.21 bits per heavy atom. The average molecular weight is 258 g/mol. The molecule has 0 aromatic heterocycles. The van der Waals surface area contributed by atoms with Crippen LogP contribution in [-0.2, 0) is 4.79 Å². The van der Waals surface area contributed by atoms with Crippen molar-refractivity contribution in [3.8, 4) is 0 Å². The van der Waals surface area contributed by atoms with E-state index in [4.69, 9.17) is 5.73 Å². The molecule has 3 atom stereocenters. The second kappa shape index (κ2) is 4.68. The second-order valence-electron chi connectivity index (χ2n) is 5.72. The minimum atomic E-state index is -0.476. The highest BCUT2D eigenvalue weighted by atomic mass is 16.2. The number of hydrogen-bond acceptors (Lipinski definition) is 2. The van der Waals surface area contributed by atoms with E-state index in [0.29, 0.717) is 17.2 Å². The number of carbonyl (C=O) groups is 2. The number of nitrogens with two attached hydrogens (primary N) is 1. The highest BCUT2D eigenvalue weighted by molar-refractivity contribution is 5.97.